The van der Waals surface area contributed by atoms with Crippen molar-refractivity contribution in [3.8, 4) is 0 Å². The minimum atomic E-state index is -2.11. The zero-order chi connectivity index (χ0) is 14.2. The van der Waals surface area contributed by atoms with Gasteiger partial charge in [-0.15, -0.1) is 0 Å². The molecule has 18 heavy (non-hydrogen) atoms. The van der Waals surface area contributed by atoms with E-state index in [4.69, 9.17) is 0 Å². The lowest BCUT2D eigenvalue weighted by Crippen LogP contribution is -2.36. The van der Waals surface area contributed by atoms with E-state index in [1.807, 2.05) is 0 Å². The van der Waals surface area contributed by atoms with Gasteiger partial charge in [-0.25, -0.2) is 0 Å². The van der Waals surface area contributed by atoms with Gasteiger partial charge in [0.25, 0.3) is 0 Å². The number of carbonyl (C=O) groups excluding carboxylic acids is 1. The number of halogens is 6. The van der Waals surface area contributed by atoms with Gasteiger partial charge in [0.1, 0.15) is 45.8 Å². The van der Waals surface area contributed by atoms with E-state index in [9.17, 15) is 31.1 Å². The fourth-order valence-corrected chi connectivity index (χ4v) is 1.40. The summed E-state index contributed by atoms with van der Waals surface area (Å²) in [4.78, 5) is 11.4. The van der Waals surface area contributed by atoms with Crippen LogP contribution in [0, 0.1) is 10.8 Å². The zero-order valence-corrected chi connectivity index (χ0v) is 9.83. The first-order valence-electron chi connectivity index (χ1n) is 5.34. The molecule has 0 aliphatic rings. The van der Waals surface area contributed by atoms with Crippen LogP contribution in [0.15, 0.2) is 0 Å². The van der Waals surface area contributed by atoms with E-state index in [1.165, 1.54) is 0 Å². The van der Waals surface area contributed by atoms with Crippen LogP contribution in [0.2, 0.25) is 0 Å². The average molecular weight is 278 g/mol. The van der Waals surface area contributed by atoms with Crippen LogP contribution in [-0.2, 0) is 4.79 Å². The molecule has 7 heteroatoms. The van der Waals surface area contributed by atoms with Gasteiger partial charge in [0.15, 0.2) is 0 Å². The van der Waals surface area contributed by atoms with Gasteiger partial charge in [0.2, 0.25) is 0 Å². The Bertz CT molecular complexity index is 209. The second-order valence-corrected chi connectivity index (χ2v) is 4.69. The molecule has 0 unspecified atom stereocenters. The van der Waals surface area contributed by atoms with E-state index in [1.54, 1.807) is 0 Å². The molecule has 1 nitrogen and oxygen atoms in total. The molecule has 0 spiro atoms. The summed E-state index contributed by atoms with van der Waals surface area (Å²) in [5.41, 5.74) is -4.21. The number of rotatable bonds is 10. The van der Waals surface area contributed by atoms with E-state index in [-0.39, 0.29) is 0 Å². The van der Waals surface area contributed by atoms with Crippen LogP contribution in [-0.4, -0.2) is 45.8 Å². The van der Waals surface area contributed by atoms with Gasteiger partial charge in [-0.2, -0.15) is 0 Å². The molecule has 0 amide bonds. The van der Waals surface area contributed by atoms with Gasteiger partial charge in [-0.3, -0.25) is 31.1 Å². The topological polar surface area (TPSA) is 17.1 Å². The van der Waals surface area contributed by atoms with Crippen molar-refractivity contribution in [2.45, 2.75) is 12.8 Å². The zero-order valence-electron chi connectivity index (χ0n) is 9.83. The molecule has 0 aromatic carbocycles. The molecule has 0 saturated heterocycles. The maximum Gasteiger partial charge on any atom is 0.134 e. The SMILES string of the molecule is O=C(CC(CF)(CF)CF)CC(CF)(CF)CF. The molecule has 0 radical (unpaired) electrons. The Morgan fingerprint density at radius 2 is 0.833 bits per heavy atom. The second-order valence-electron chi connectivity index (χ2n) is 4.69. The third-order valence-corrected chi connectivity index (χ3v) is 2.85. The first-order valence-corrected chi connectivity index (χ1v) is 5.34. The fraction of sp³-hybridized carbons (Fsp3) is 0.909. The number of alkyl halides is 6. The first-order chi connectivity index (χ1) is 8.46. The predicted octanol–water partition coefficient (Wildman–Crippen LogP) is 3.13. The van der Waals surface area contributed by atoms with Crippen molar-refractivity contribution in [1.29, 1.82) is 0 Å². The Hall–Kier alpha value is -0.750. The van der Waals surface area contributed by atoms with E-state index in [0.29, 0.717) is 0 Å². The molecule has 0 N–H and O–H groups in total. The molecule has 0 bridgehead atoms. The summed E-state index contributed by atoms with van der Waals surface area (Å²) in [7, 11) is 0. The van der Waals surface area contributed by atoms with Crippen molar-refractivity contribution in [2.75, 3.05) is 40.0 Å². The lowest BCUT2D eigenvalue weighted by atomic mass is 9.80. The highest BCUT2D eigenvalue weighted by atomic mass is 19.2. The summed E-state index contributed by atoms with van der Waals surface area (Å²) in [6.45, 7) is -8.42. The Labute approximate surface area is 102 Å². The molecule has 0 aliphatic carbocycles. The number of Topliss-reactive ketones (excluding diaryl/α,β-unsaturated/α-hetero) is 1. The lowest BCUT2D eigenvalue weighted by Gasteiger charge is -2.27. The summed E-state index contributed by atoms with van der Waals surface area (Å²) in [6.07, 6.45) is -1.67. The van der Waals surface area contributed by atoms with Crippen LogP contribution in [0.5, 0.6) is 0 Å². The van der Waals surface area contributed by atoms with Crippen LogP contribution in [0.1, 0.15) is 12.8 Å². The number of ketones is 1. The monoisotopic (exact) mass is 278 g/mol. The van der Waals surface area contributed by atoms with Crippen molar-refractivity contribution in [3.05, 3.63) is 0 Å². The number of carbonyl (C=O) groups is 1. The molecule has 0 atom stereocenters. The molecule has 108 valence electrons. The van der Waals surface area contributed by atoms with E-state index in [0.717, 1.165) is 0 Å². The van der Waals surface area contributed by atoms with Crippen LogP contribution in [0.4, 0.5) is 26.3 Å². The van der Waals surface area contributed by atoms with Crippen molar-refractivity contribution in [3.63, 3.8) is 0 Å². The van der Waals surface area contributed by atoms with Gasteiger partial charge in [-0.1, -0.05) is 0 Å². The van der Waals surface area contributed by atoms with Gasteiger partial charge in [0.05, 0.1) is 10.8 Å². The molecule has 0 rings (SSSR count). The van der Waals surface area contributed by atoms with Crippen LogP contribution < -0.4 is 0 Å². The smallest absolute Gasteiger partial charge is 0.134 e. The van der Waals surface area contributed by atoms with Crippen molar-refractivity contribution < 1.29 is 31.1 Å². The summed E-state index contributed by atoms with van der Waals surface area (Å²) in [5, 5.41) is 0. The molecular weight excluding hydrogens is 262 g/mol. The Morgan fingerprint density at radius 3 is 1.00 bits per heavy atom. The molecule has 0 aromatic heterocycles. The van der Waals surface area contributed by atoms with E-state index >= 15 is 0 Å². The summed E-state index contributed by atoms with van der Waals surface area (Å²) in [5.74, 6) is -0.948. The molecular formula is C11H16F6O. The normalized spacial score (nSPS) is 12.8. The van der Waals surface area contributed by atoms with Crippen molar-refractivity contribution >= 4 is 5.78 Å². The quantitative estimate of drug-likeness (QED) is 0.561. The standard InChI is InChI=1S/C11H16F6O/c12-3-10(4-13,5-14)1-9(18)2-11(6-15,7-16)8-17/h1-8H2. The van der Waals surface area contributed by atoms with Crippen LogP contribution in [0.25, 0.3) is 0 Å². The van der Waals surface area contributed by atoms with Gasteiger partial charge < -0.3 is 0 Å². The molecule has 0 fully saturated rings. The molecule has 0 saturated carbocycles. The maximum atomic E-state index is 12.5. The minimum Gasteiger partial charge on any atom is -0.300 e. The summed E-state index contributed by atoms with van der Waals surface area (Å²) < 4.78 is 75.0. The molecule has 0 heterocycles. The van der Waals surface area contributed by atoms with E-state index in [2.05, 4.69) is 0 Å². The number of hydrogen-bond donors (Lipinski definition) is 0. The highest BCUT2D eigenvalue weighted by Gasteiger charge is 2.38. The Morgan fingerprint density at radius 1 is 0.611 bits per heavy atom. The summed E-state index contributed by atoms with van der Waals surface area (Å²) in [6, 6.07) is 0. The van der Waals surface area contributed by atoms with Gasteiger partial charge in [-0.05, 0) is 0 Å². The molecule has 0 aliphatic heterocycles. The largest absolute Gasteiger partial charge is 0.300 e. The highest BCUT2D eigenvalue weighted by molar-refractivity contribution is 5.80. The predicted molar refractivity (Wildman–Crippen MR) is 55.0 cm³/mol. The van der Waals surface area contributed by atoms with Crippen LogP contribution >= 0.6 is 0 Å². The van der Waals surface area contributed by atoms with Gasteiger partial charge >= 0.3 is 0 Å². The highest BCUT2D eigenvalue weighted by Crippen LogP contribution is 2.31. The second kappa shape index (κ2) is 7.63. The Balaban J connectivity index is 4.67. The summed E-state index contributed by atoms with van der Waals surface area (Å²) >= 11 is 0. The van der Waals surface area contributed by atoms with Crippen molar-refractivity contribution in [2.24, 2.45) is 10.8 Å². The third-order valence-electron chi connectivity index (χ3n) is 2.85. The number of hydrogen-bond acceptors (Lipinski definition) is 1. The fourth-order valence-electron chi connectivity index (χ4n) is 1.40. The maximum absolute atomic E-state index is 12.5. The van der Waals surface area contributed by atoms with E-state index < -0.39 is 69.5 Å². The minimum absolute atomic E-state index is 0.835. The third kappa shape index (κ3) is 4.17. The first kappa shape index (κ1) is 17.2. The molecule has 0 aromatic rings. The van der Waals surface area contributed by atoms with Gasteiger partial charge in [0, 0.05) is 12.8 Å². The Kier molecular flexibility index (Phi) is 7.32. The van der Waals surface area contributed by atoms with Crippen molar-refractivity contribution in [1.82, 2.24) is 0 Å². The average Bonchev–Trinajstić information content (AvgIpc) is 2.42. The van der Waals surface area contributed by atoms with Crippen LogP contribution in [0.3, 0.4) is 0 Å². The lowest BCUT2D eigenvalue weighted by molar-refractivity contribution is -0.126.